The number of para-hydroxylation sites is 2. The van der Waals surface area contributed by atoms with Gasteiger partial charge in [0, 0.05) is 44.6 Å². The second-order valence-electron chi connectivity index (χ2n) is 14.3. The third-order valence-electron chi connectivity index (χ3n) is 11.3. The number of benzene rings is 7. The van der Waals surface area contributed by atoms with E-state index in [-0.39, 0.29) is 12.0 Å². The highest BCUT2D eigenvalue weighted by molar-refractivity contribution is 6.23. The number of ether oxygens (including phenoxy) is 1. The highest BCUT2D eigenvalue weighted by Crippen LogP contribution is 2.54. The SMILES string of the molecule is C1=C2C(=CC3c4c(cccc4-c4nc(-c5ccccc5)nc(-c5cccc(-n6c7ccccc7c7ccccc76)c5)n4)OC13)c1cccc3cccc2c13. The Kier molecular flexibility index (Phi) is 6.11. The Bertz CT molecular complexity index is 3040. The summed E-state index contributed by atoms with van der Waals surface area (Å²) < 4.78 is 9.07. The third-order valence-corrected chi connectivity index (χ3v) is 11.3. The van der Waals surface area contributed by atoms with Crippen molar-refractivity contribution in [2.24, 2.45) is 0 Å². The molecule has 9 aromatic rings. The molecular formula is C49H30N4O. The van der Waals surface area contributed by atoms with Crippen LogP contribution in [0.5, 0.6) is 5.75 Å². The van der Waals surface area contributed by atoms with Gasteiger partial charge in [0.2, 0.25) is 0 Å². The lowest BCUT2D eigenvalue weighted by Crippen LogP contribution is -2.18. The van der Waals surface area contributed by atoms with E-state index < -0.39 is 0 Å². The highest BCUT2D eigenvalue weighted by Gasteiger charge is 2.40. The van der Waals surface area contributed by atoms with Crippen LogP contribution in [-0.4, -0.2) is 25.6 Å². The predicted molar refractivity (Wildman–Crippen MR) is 218 cm³/mol. The van der Waals surface area contributed by atoms with Crippen LogP contribution in [0.15, 0.2) is 170 Å². The molecule has 2 atom stereocenters. The first kappa shape index (κ1) is 29.5. The van der Waals surface area contributed by atoms with E-state index in [1.165, 1.54) is 43.8 Å². The first-order valence-electron chi connectivity index (χ1n) is 18.4. The van der Waals surface area contributed by atoms with Gasteiger partial charge in [0.15, 0.2) is 17.5 Å². The van der Waals surface area contributed by atoms with Crippen molar-refractivity contribution in [1.82, 2.24) is 19.5 Å². The molecule has 7 aromatic carbocycles. The smallest absolute Gasteiger partial charge is 0.164 e. The van der Waals surface area contributed by atoms with Crippen LogP contribution in [0.2, 0.25) is 0 Å². The van der Waals surface area contributed by atoms with Crippen LogP contribution in [0, 0.1) is 0 Å². The topological polar surface area (TPSA) is 52.8 Å². The summed E-state index contributed by atoms with van der Waals surface area (Å²) >= 11 is 0. The van der Waals surface area contributed by atoms with Crippen molar-refractivity contribution in [2.45, 2.75) is 12.0 Å². The minimum Gasteiger partial charge on any atom is -0.485 e. The molecule has 0 radical (unpaired) electrons. The van der Waals surface area contributed by atoms with Gasteiger partial charge in [-0.05, 0) is 69.5 Å². The van der Waals surface area contributed by atoms with Crippen LogP contribution in [0.25, 0.3) is 83.6 Å². The van der Waals surface area contributed by atoms with E-state index in [1.54, 1.807) is 0 Å². The summed E-state index contributed by atoms with van der Waals surface area (Å²) in [5, 5.41) is 5.04. The van der Waals surface area contributed by atoms with Crippen molar-refractivity contribution in [3.63, 3.8) is 0 Å². The quantitative estimate of drug-likeness (QED) is 0.184. The third kappa shape index (κ3) is 4.24. The van der Waals surface area contributed by atoms with E-state index in [9.17, 15) is 0 Å². The van der Waals surface area contributed by atoms with Gasteiger partial charge >= 0.3 is 0 Å². The largest absolute Gasteiger partial charge is 0.485 e. The summed E-state index contributed by atoms with van der Waals surface area (Å²) in [4.78, 5) is 15.6. The first-order chi connectivity index (χ1) is 26.8. The molecule has 0 saturated heterocycles. The fraction of sp³-hybridized carbons (Fsp3) is 0.0408. The van der Waals surface area contributed by atoms with Gasteiger partial charge in [-0.15, -0.1) is 0 Å². The lowest BCUT2D eigenvalue weighted by molar-refractivity contribution is 0.270. The molecule has 12 rings (SSSR count). The Morgan fingerprint density at radius 2 is 1.07 bits per heavy atom. The molecule has 2 aromatic heterocycles. The molecular weight excluding hydrogens is 661 g/mol. The fourth-order valence-corrected chi connectivity index (χ4v) is 9.00. The van der Waals surface area contributed by atoms with E-state index in [1.807, 2.05) is 18.2 Å². The van der Waals surface area contributed by atoms with E-state index in [4.69, 9.17) is 19.7 Å². The average molecular weight is 691 g/mol. The Balaban J connectivity index is 1.03. The normalized spacial score (nSPS) is 16.5. The molecule has 0 amide bonds. The Labute approximate surface area is 311 Å². The molecule has 54 heavy (non-hydrogen) atoms. The number of rotatable bonds is 4. The summed E-state index contributed by atoms with van der Waals surface area (Å²) in [6, 6.07) is 55.4. The molecule has 2 aliphatic carbocycles. The van der Waals surface area contributed by atoms with Crippen molar-refractivity contribution in [2.75, 3.05) is 0 Å². The first-order valence-corrected chi connectivity index (χ1v) is 18.4. The van der Waals surface area contributed by atoms with Crippen molar-refractivity contribution in [3.05, 3.63) is 187 Å². The number of nitrogens with zero attached hydrogens (tertiary/aromatic N) is 4. The van der Waals surface area contributed by atoms with Crippen molar-refractivity contribution in [3.8, 4) is 45.6 Å². The second kappa shape index (κ2) is 11.2. The van der Waals surface area contributed by atoms with Crippen LogP contribution < -0.4 is 4.74 Å². The Morgan fingerprint density at radius 1 is 0.481 bits per heavy atom. The molecule has 252 valence electrons. The van der Waals surface area contributed by atoms with E-state index in [0.717, 1.165) is 44.7 Å². The van der Waals surface area contributed by atoms with Gasteiger partial charge in [0.05, 0.1) is 11.0 Å². The van der Waals surface area contributed by atoms with Crippen LogP contribution >= 0.6 is 0 Å². The van der Waals surface area contributed by atoms with Crippen molar-refractivity contribution < 1.29 is 4.74 Å². The molecule has 0 fully saturated rings. The summed E-state index contributed by atoms with van der Waals surface area (Å²) in [6.45, 7) is 0. The van der Waals surface area contributed by atoms with Gasteiger partial charge in [0.25, 0.3) is 0 Å². The molecule has 0 bridgehead atoms. The molecule has 5 heteroatoms. The molecule has 3 aliphatic rings. The minimum atomic E-state index is -0.123. The van der Waals surface area contributed by atoms with E-state index >= 15 is 0 Å². The molecule has 1 aliphatic heterocycles. The van der Waals surface area contributed by atoms with E-state index in [2.05, 4.69) is 156 Å². The lowest BCUT2D eigenvalue weighted by atomic mass is 9.82. The van der Waals surface area contributed by atoms with Gasteiger partial charge in [-0.3, -0.25) is 0 Å². The predicted octanol–water partition coefficient (Wildman–Crippen LogP) is 11.5. The monoisotopic (exact) mass is 690 g/mol. The van der Waals surface area contributed by atoms with Gasteiger partial charge in [-0.2, -0.15) is 0 Å². The van der Waals surface area contributed by atoms with Gasteiger partial charge < -0.3 is 9.30 Å². The Morgan fingerprint density at radius 3 is 1.83 bits per heavy atom. The van der Waals surface area contributed by atoms with Crippen LogP contribution in [0.3, 0.4) is 0 Å². The van der Waals surface area contributed by atoms with Gasteiger partial charge in [0.1, 0.15) is 11.9 Å². The molecule has 3 heterocycles. The maximum Gasteiger partial charge on any atom is 0.164 e. The fourth-order valence-electron chi connectivity index (χ4n) is 9.00. The molecule has 2 unspecified atom stereocenters. The van der Waals surface area contributed by atoms with Crippen LogP contribution in [0.1, 0.15) is 22.6 Å². The zero-order valence-corrected chi connectivity index (χ0v) is 29.0. The molecule has 5 nitrogen and oxygen atoms in total. The van der Waals surface area contributed by atoms with Gasteiger partial charge in [-0.25, -0.2) is 15.0 Å². The van der Waals surface area contributed by atoms with Crippen molar-refractivity contribution >= 4 is 43.7 Å². The summed E-state index contributed by atoms with van der Waals surface area (Å²) in [7, 11) is 0. The number of aromatic nitrogens is 4. The highest BCUT2D eigenvalue weighted by atomic mass is 16.5. The van der Waals surface area contributed by atoms with Crippen LogP contribution in [0.4, 0.5) is 0 Å². The van der Waals surface area contributed by atoms with Crippen molar-refractivity contribution in [1.29, 1.82) is 0 Å². The summed E-state index contributed by atoms with van der Waals surface area (Å²) in [6.07, 6.45) is 4.62. The average Bonchev–Trinajstić information content (AvgIpc) is 3.89. The number of hydrogen-bond donors (Lipinski definition) is 0. The van der Waals surface area contributed by atoms with E-state index in [0.29, 0.717) is 17.5 Å². The van der Waals surface area contributed by atoms with Gasteiger partial charge in [-0.1, -0.05) is 133 Å². The number of hydrogen-bond acceptors (Lipinski definition) is 4. The standard InChI is InChI=1S/C49H30N4O/c1-2-12-30(13-3-1)47-50-48(31-16-8-17-32(26-31)53-41-23-6-4-18-33(41)34-19-5-7-24-42(34)53)52-49(51-47)37-22-11-25-43-46(37)40-27-38-35-20-9-14-29-15-10-21-36(45(29)35)39(38)28-44(40)54-43/h1-28,40,44H. The maximum absolute atomic E-state index is 6.74. The molecule has 0 saturated carbocycles. The lowest BCUT2D eigenvalue weighted by Gasteiger charge is -2.21. The maximum atomic E-state index is 6.74. The minimum absolute atomic E-state index is 0.0125. The Hall–Kier alpha value is -7.11. The number of fused-ring (bicyclic) bond motifs is 9. The zero-order chi connectivity index (χ0) is 35.3. The zero-order valence-electron chi connectivity index (χ0n) is 29.0. The molecule has 0 N–H and O–H groups in total. The second-order valence-corrected chi connectivity index (χ2v) is 14.3. The molecule has 0 spiro atoms. The number of allylic oxidation sites excluding steroid dienone is 2. The van der Waals surface area contributed by atoms with Crippen LogP contribution in [-0.2, 0) is 0 Å². The summed E-state index contributed by atoms with van der Waals surface area (Å²) in [5.41, 5.74) is 12.4. The summed E-state index contributed by atoms with van der Waals surface area (Å²) in [5.74, 6) is 2.77.